The van der Waals surface area contributed by atoms with Crippen molar-refractivity contribution in [1.29, 1.82) is 0 Å². The van der Waals surface area contributed by atoms with Crippen LogP contribution in [-0.2, 0) is 16.0 Å². The monoisotopic (exact) mass is 294 g/mol. The van der Waals surface area contributed by atoms with Crippen molar-refractivity contribution >= 4 is 5.91 Å². The molecule has 1 aromatic rings. The molecule has 0 bridgehead atoms. The molecule has 0 saturated carbocycles. The zero-order valence-corrected chi connectivity index (χ0v) is 12.2. The lowest BCUT2D eigenvalue weighted by Crippen LogP contribution is -2.32. The van der Waals surface area contributed by atoms with Gasteiger partial charge in [0.1, 0.15) is 5.82 Å². The quantitative estimate of drug-likeness (QED) is 0.717. The van der Waals surface area contributed by atoms with Crippen molar-refractivity contribution < 1.29 is 13.9 Å². The summed E-state index contributed by atoms with van der Waals surface area (Å²) < 4.78 is 18.2. The van der Waals surface area contributed by atoms with Gasteiger partial charge in [0.25, 0.3) is 0 Å². The number of carbonyl (C=O) groups excluding carboxylic acids is 1. The molecule has 1 saturated heterocycles. The van der Waals surface area contributed by atoms with Crippen LogP contribution in [0.2, 0.25) is 0 Å². The van der Waals surface area contributed by atoms with E-state index < -0.39 is 0 Å². The number of amides is 1. The second-order valence-corrected chi connectivity index (χ2v) is 5.32. The van der Waals surface area contributed by atoms with E-state index in [0.717, 1.165) is 38.0 Å². The van der Waals surface area contributed by atoms with Gasteiger partial charge in [0.2, 0.25) is 5.91 Å². The third kappa shape index (κ3) is 6.23. The van der Waals surface area contributed by atoms with Gasteiger partial charge < -0.3 is 15.4 Å². The lowest BCUT2D eigenvalue weighted by molar-refractivity contribution is -0.120. The SMILES string of the molecule is O=C(CCNCC1CCCO1)NCCc1ccc(F)cc1. The number of hydrogen-bond acceptors (Lipinski definition) is 3. The normalized spacial score (nSPS) is 17.9. The van der Waals surface area contributed by atoms with Gasteiger partial charge in [-0.3, -0.25) is 4.79 Å². The van der Waals surface area contributed by atoms with Gasteiger partial charge in [0, 0.05) is 32.7 Å². The number of nitrogens with one attached hydrogen (secondary N) is 2. The molecule has 2 rings (SSSR count). The molecule has 0 spiro atoms. The number of halogens is 1. The Morgan fingerprint density at radius 1 is 1.29 bits per heavy atom. The van der Waals surface area contributed by atoms with E-state index >= 15 is 0 Å². The first-order valence-corrected chi connectivity index (χ1v) is 7.57. The van der Waals surface area contributed by atoms with Gasteiger partial charge in [0.15, 0.2) is 0 Å². The molecule has 0 radical (unpaired) electrons. The number of hydrogen-bond donors (Lipinski definition) is 2. The van der Waals surface area contributed by atoms with E-state index in [9.17, 15) is 9.18 Å². The van der Waals surface area contributed by atoms with Gasteiger partial charge >= 0.3 is 0 Å². The third-order valence-corrected chi connectivity index (χ3v) is 3.57. The summed E-state index contributed by atoms with van der Waals surface area (Å²) in [6, 6.07) is 6.35. The Hall–Kier alpha value is -1.46. The van der Waals surface area contributed by atoms with Crippen LogP contribution in [0.4, 0.5) is 4.39 Å². The number of rotatable bonds is 8. The van der Waals surface area contributed by atoms with E-state index in [2.05, 4.69) is 10.6 Å². The summed E-state index contributed by atoms with van der Waals surface area (Å²) in [5.41, 5.74) is 1.02. The Labute approximate surface area is 125 Å². The van der Waals surface area contributed by atoms with E-state index in [4.69, 9.17) is 4.74 Å². The summed E-state index contributed by atoms with van der Waals surface area (Å²) in [5, 5.41) is 6.12. The van der Waals surface area contributed by atoms with Gasteiger partial charge in [-0.1, -0.05) is 12.1 Å². The van der Waals surface area contributed by atoms with Gasteiger partial charge in [-0.05, 0) is 37.0 Å². The lowest BCUT2D eigenvalue weighted by Gasteiger charge is -2.10. The van der Waals surface area contributed by atoms with Gasteiger partial charge in [-0.15, -0.1) is 0 Å². The predicted molar refractivity (Wildman–Crippen MR) is 79.6 cm³/mol. The van der Waals surface area contributed by atoms with Crippen LogP contribution < -0.4 is 10.6 Å². The maximum absolute atomic E-state index is 12.7. The van der Waals surface area contributed by atoms with E-state index in [1.54, 1.807) is 12.1 Å². The highest BCUT2D eigenvalue weighted by Crippen LogP contribution is 2.10. The van der Waals surface area contributed by atoms with Crippen LogP contribution in [0.1, 0.15) is 24.8 Å². The van der Waals surface area contributed by atoms with Crippen LogP contribution in [-0.4, -0.2) is 38.3 Å². The average Bonchev–Trinajstić information content (AvgIpc) is 2.99. The number of carbonyl (C=O) groups is 1. The Bertz CT molecular complexity index is 430. The molecular formula is C16H23FN2O2. The highest BCUT2D eigenvalue weighted by Gasteiger charge is 2.14. The van der Waals surface area contributed by atoms with Crippen molar-refractivity contribution in [2.75, 3.05) is 26.2 Å². The van der Waals surface area contributed by atoms with E-state index in [1.807, 2.05) is 0 Å². The lowest BCUT2D eigenvalue weighted by atomic mass is 10.1. The topological polar surface area (TPSA) is 50.4 Å². The molecule has 0 aromatic heterocycles. The molecule has 2 N–H and O–H groups in total. The molecule has 1 aromatic carbocycles. The third-order valence-electron chi connectivity index (χ3n) is 3.57. The summed E-state index contributed by atoms with van der Waals surface area (Å²) in [6.45, 7) is 2.93. The van der Waals surface area contributed by atoms with Crippen LogP contribution in [0.15, 0.2) is 24.3 Å². The Morgan fingerprint density at radius 2 is 2.10 bits per heavy atom. The molecule has 21 heavy (non-hydrogen) atoms. The summed E-state index contributed by atoms with van der Waals surface area (Å²) >= 11 is 0. The zero-order valence-electron chi connectivity index (χ0n) is 12.2. The molecule has 1 amide bonds. The molecule has 116 valence electrons. The molecule has 1 unspecified atom stereocenters. The fraction of sp³-hybridized carbons (Fsp3) is 0.562. The molecule has 1 fully saturated rings. The second-order valence-electron chi connectivity index (χ2n) is 5.32. The molecule has 0 aliphatic carbocycles. The van der Waals surface area contributed by atoms with Crippen LogP contribution in [0.3, 0.4) is 0 Å². The van der Waals surface area contributed by atoms with Crippen molar-refractivity contribution in [1.82, 2.24) is 10.6 Å². The van der Waals surface area contributed by atoms with Gasteiger partial charge in [-0.2, -0.15) is 0 Å². The molecular weight excluding hydrogens is 271 g/mol. The first kappa shape index (κ1) is 15.9. The molecule has 4 nitrogen and oxygen atoms in total. The number of ether oxygens (including phenoxy) is 1. The van der Waals surface area contributed by atoms with Crippen molar-refractivity contribution in [3.8, 4) is 0 Å². The minimum Gasteiger partial charge on any atom is -0.377 e. The molecule has 5 heteroatoms. The summed E-state index contributed by atoms with van der Waals surface area (Å²) in [7, 11) is 0. The maximum atomic E-state index is 12.7. The first-order chi connectivity index (χ1) is 10.2. The smallest absolute Gasteiger partial charge is 0.221 e. The van der Waals surface area contributed by atoms with E-state index in [0.29, 0.717) is 25.6 Å². The second kappa shape index (κ2) is 8.74. The molecule has 1 atom stereocenters. The Morgan fingerprint density at radius 3 is 2.81 bits per heavy atom. The highest BCUT2D eigenvalue weighted by molar-refractivity contribution is 5.76. The fourth-order valence-electron chi connectivity index (χ4n) is 2.36. The summed E-state index contributed by atoms with van der Waals surface area (Å²) in [6.07, 6.45) is 3.74. The average molecular weight is 294 g/mol. The van der Waals surface area contributed by atoms with Crippen LogP contribution in [0.5, 0.6) is 0 Å². The van der Waals surface area contributed by atoms with E-state index in [-0.39, 0.29) is 11.7 Å². The van der Waals surface area contributed by atoms with E-state index in [1.165, 1.54) is 12.1 Å². The maximum Gasteiger partial charge on any atom is 0.221 e. The van der Waals surface area contributed by atoms with Crippen molar-refractivity contribution in [3.63, 3.8) is 0 Å². The highest BCUT2D eigenvalue weighted by atomic mass is 19.1. The Kier molecular flexibility index (Phi) is 6.63. The minimum atomic E-state index is -0.236. The van der Waals surface area contributed by atoms with Crippen molar-refractivity contribution in [2.45, 2.75) is 31.8 Å². The predicted octanol–water partition coefficient (Wildman–Crippen LogP) is 1.64. The Balaban J connectivity index is 1.50. The molecule has 1 aliphatic heterocycles. The number of benzene rings is 1. The summed E-state index contributed by atoms with van der Waals surface area (Å²) in [5.74, 6) is -0.197. The van der Waals surface area contributed by atoms with Gasteiger partial charge in [-0.25, -0.2) is 4.39 Å². The van der Waals surface area contributed by atoms with Crippen LogP contribution >= 0.6 is 0 Å². The fourth-order valence-corrected chi connectivity index (χ4v) is 2.36. The van der Waals surface area contributed by atoms with Crippen LogP contribution in [0.25, 0.3) is 0 Å². The minimum absolute atomic E-state index is 0.0388. The van der Waals surface area contributed by atoms with Crippen molar-refractivity contribution in [2.24, 2.45) is 0 Å². The summed E-state index contributed by atoms with van der Waals surface area (Å²) in [4.78, 5) is 11.6. The van der Waals surface area contributed by atoms with Crippen LogP contribution in [0, 0.1) is 5.82 Å². The molecule has 1 aliphatic rings. The zero-order chi connectivity index (χ0) is 14.9. The van der Waals surface area contributed by atoms with Gasteiger partial charge in [0.05, 0.1) is 6.10 Å². The largest absolute Gasteiger partial charge is 0.377 e. The molecule has 1 heterocycles. The van der Waals surface area contributed by atoms with Crippen molar-refractivity contribution in [3.05, 3.63) is 35.6 Å². The standard InChI is InChI=1S/C16H23FN2O2/c17-14-5-3-13(4-6-14)7-10-19-16(20)8-9-18-12-15-2-1-11-21-15/h3-6,15,18H,1-2,7-12H2,(H,19,20). The first-order valence-electron chi connectivity index (χ1n) is 7.57.